The minimum Gasteiger partial charge on any atom is -0.461 e. The Balaban J connectivity index is 1.90. The molecule has 0 N–H and O–H groups in total. The number of aromatic nitrogens is 4. The van der Waals surface area contributed by atoms with Gasteiger partial charge in [0.15, 0.2) is 17.4 Å². The van der Waals surface area contributed by atoms with Crippen molar-refractivity contribution in [1.82, 2.24) is 19.7 Å². The fraction of sp³-hybridized carbons (Fsp3) is 0.267. The zero-order valence-electron chi connectivity index (χ0n) is 11.2. The van der Waals surface area contributed by atoms with E-state index in [2.05, 4.69) is 15.1 Å². The van der Waals surface area contributed by atoms with Gasteiger partial charge in [-0.3, -0.25) is 0 Å². The predicted octanol–water partition coefficient (Wildman–Crippen LogP) is 3.11. The van der Waals surface area contributed by atoms with Gasteiger partial charge in [-0.2, -0.15) is 4.68 Å². The van der Waals surface area contributed by atoms with E-state index >= 15 is 0 Å². The number of pyridine rings is 1. The summed E-state index contributed by atoms with van der Waals surface area (Å²) in [5.74, 6) is 3.64. The monoisotopic (exact) mass is 266 g/mol. The molecule has 1 aliphatic rings. The molecule has 5 heteroatoms. The molecule has 1 fully saturated rings. The lowest BCUT2D eigenvalue weighted by molar-refractivity contribution is 0.572. The van der Waals surface area contributed by atoms with Gasteiger partial charge in [-0.15, -0.1) is 5.10 Å². The van der Waals surface area contributed by atoms with Gasteiger partial charge in [-0.05, 0) is 43.5 Å². The molecule has 0 aliphatic heterocycles. The second-order valence-electron chi connectivity index (χ2n) is 5.10. The van der Waals surface area contributed by atoms with Gasteiger partial charge in [0.05, 0.1) is 6.26 Å². The van der Waals surface area contributed by atoms with Gasteiger partial charge in [0.25, 0.3) is 0 Å². The highest BCUT2D eigenvalue weighted by Gasteiger charge is 2.30. The number of nitrogens with zero attached hydrogens (tertiary/aromatic N) is 4. The minimum atomic E-state index is 0.494. The SMILES string of the molecule is Cc1ccoc1-c1nc(C2CC2)nn1-c1ccccn1. The van der Waals surface area contributed by atoms with Crippen molar-refractivity contribution in [2.45, 2.75) is 25.7 Å². The van der Waals surface area contributed by atoms with Crippen LogP contribution in [0.4, 0.5) is 0 Å². The molecule has 0 bridgehead atoms. The summed E-state index contributed by atoms with van der Waals surface area (Å²) >= 11 is 0. The van der Waals surface area contributed by atoms with Crippen molar-refractivity contribution >= 4 is 0 Å². The normalized spacial score (nSPS) is 14.7. The van der Waals surface area contributed by atoms with Crippen LogP contribution in [0.3, 0.4) is 0 Å². The molecule has 1 saturated carbocycles. The first-order valence-electron chi connectivity index (χ1n) is 6.76. The Labute approximate surface area is 116 Å². The molecule has 0 amide bonds. The average molecular weight is 266 g/mol. The van der Waals surface area contributed by atoms with Crippen molar-refractivity contribution in [3.8, 4) is 17.4 Å². The van der Waals surface area contributed by atoms with E-state index in [1.807, 2.05) is 31.2 Å². The van der Waals surface area contributed by atoms with Crippen LogP contribution >= 0.6 is 0 Å². The van der Waals surface area contributed by atoms with Gasteiger partial charge in [0, 0.05) is 12.1 Å². The summed E-state index contributed by atoms with van der Waals surface area (Å²) < 4.78 is 7.35. The summed E-state index contributed by atoms with van der Waals surface area (Å²) in [4.78, 5) is 9.03. The maximum Gasteiger partial charge on any atom is 0.201 e. The van der Waals surface area contributed by atoms with Gasteiger partial charge in [0.1, 0.15) is 0 Å². The third-order valence-electron chi connectivity index (χ3n) is 3.50. The van der Waals surface area contributed by atoms with E-state index in [0.717, 1.165) is 28.8 Å². The summed E-state index contributed by atoms with van der Waals surface area (Å²) in [5.41, 5.74) is 1.05. The zero-order valence-corrected chi connectivity index (χ0v) is 11.2. The fourth-order valence-electron chi connectivity index (χ4n) is 2.23. The molecular formula is C15H14N4O. The molecule has 3 aromatic heterocycles. The van der Waals surface area contributed by atoms with Crippen molar-refractivity contribution in [1.29, 1.82) is 0 Å². The molecule has 100 valence electrons. The molecule has 20 heavy (non-hydrogen) atoms. The number of furan rings is 1. The Kier molecular flexibility index (Phi) is 2.45. The summed E-state index contributed by atoms with van der Waals surface area (Å²) in [7, 11) is 0. The van der Waals surface area contributed by atoms with Crippen LogP contribution < -0.4 is 0 Å². The number of rotatable bonds is 3. The highest BCUT2D eigenvalue weighted by atomic mass is 16.3. The molecule has 0 unspecified atom stereocenters. The largest absolute Gasteiger partial charge is 0.461 e. The predicted molar refractivity (Wildman–Crippen MR) is 73.6 cm³/mol. The van der Waals surface area contributed by atoms with Crippen LogP contribution in [0.25, 0.3) is 17.4 Å². The maximum atomic E-state index is 5.57. The van der Waals surface area contributed by atoms with E-state index in [0.29, 0.717) is 5.92 Å². The zero-order chi connectivity index (χ0) is 13.5. The Morgan fingerprint density at radius 1 is 1.25 bits per heavy atom. The maximum absolute atomic E-state index is 5.57. The van der Waals surface area contributed by atoms with Gasteiger partial charge in [-0.25, -0.2) is 9.97 Å². The fourth-order valence-corrected chi connectivity index (χ4v) is 2.23. The Hall–Kier alpha value is -2.43. The molecule has 0 spiro atoms. The molecule has 3 aromatic rings. The first-order chi connectivity index (χ1) is 9.83. The second kappa shape index (κ2) is 4.30. The molecule has 0 atom stereocenters. The topological polar surface area (TPSA) is 56.7 Å². The van der Waals surface area contributed by atoms with E-state index in [1.165, 1.54) is 12.8 Å². The second-order valence-corrected chi connectivity index (χ2v) is 5.10. The highest BCUT2D eigenvalue weighted by Crippen LogP contribution is 2.39. The molecular weight excluding hydrogens is 252 g/mol. The first kappa shape index (κ1) is 11.4. The molecule has 5 nitrogen and oxygen atoms in total. The van der Waals surface area contributed by atoms with E-state index in [4.69, 9.17) is 4.42 Å². The van der Waals surface area contributed by atoms with Gasteiger partial charge in [0.2, 0.25) is 5.82 Å². The average Bonchev–Trinajstić information content (AvgIpc) is 3.10. The standard InChI is InChI=1S/C15H14N4O/c1-10-7-9-20-13(10)15-17-14(11-5-6-11)18-19(15)12-4-2-3-8-16-12/h2-4,7-9,11H,5-6H2,1H3. The van der Waals surface area contributed by atoms with E-state index in [1.54, 1.807) is 17.1 Å². The highest BCUT2D eigenvalue weighted by molar-refractivity contribution is 5.55. The quantitative estimate of drug-likeness (QED) is 0.731. The third-order valence-corrected chi connectivity index (χ3v) is 3.50. The van der Waals surface area contributed by atoms with Crippen LogP contribution in [0.2, 0.25) is 0 Å². The van der Waals surface area contributed by atoms with Crippen LogP contribution in [0.15, 0.2) is 41.1 Å². The van der Waals surface area contributed by atoms with Crippen LogP contribution in [0.5, 0.6) is 0 Å². The molecule has 4 rings (SSSR count). The first-order valence-corrected chi connectivity index (χ1v) is 6.76. The Morgan fingerprint density at radius 2 is 2.15 bits per heavy atom. The summed E-state index contributed by atoms with van der Waals surface area (Å²) in [5, 5.41) is 4.62. The van der Waals surface area contributed by atoms with E-state index < -0.39 is 0 Å². The van der Waals surface area contributed by atoms with Crippen molar-refractivity contribution in [2.24, 2.45) is 0 Å². The van der Waals surface area contributed by atoms with Crippen molar-refractivity contribution in [2.75, 3.05) is 0 Å². The summed E-state index contributed by atoms with van der Waals surface area (Å²) in [6.45, 7) is 2.01. The van der Waals surface area contributed by atoms with Crippen molar-refractivity contribution < 1.29 is 4.42 Å². The number of hydrogen-bond donors (Lipinski definition) is 0. The Bertz CT molecular complexity index is 740. The molecule has 3 heterocycles. The minimum absolute atomic E-state index is 0.494. The van der Waals surface area contributed by atoms with E-state index in [-0.39, 0.29) is 0 Å². The van der Waals surface area contributed by atoms with Gasteiger partial charge in [-0.1, -0.05) is 6.07 Å². The van der Waals surface area contributed by atoms with Crippen LogP contribution in [-0.4, -0.2) is 19.7 Å². The van der Waals surface area contributed by atoms with Gasteiger partial charge >= 0.3 is 0 Å². The summed E-state index contributed by atoms with van der Waals surface area (Å²) in [6, 6.07) is 7.69. The van der Waals surface area contributed by atoms with Gasteiger partial charge < -0.3 is 4.42 Å². The van der Waals surface area contributed by atoms with Crippen LogP contribution in [0, 0.1) is 6.92 Å². The lowest BCUT2D eigenvalue weighted by atomic mass is 10.2. The molecule has 0 aromatic carbocycles. The van der Waals surface area contributed by atoms with E-state index in [9.17, 15) is 0 Å². The van der Waals surface area contributed by atoms with Crippen LogP contribution in [-0.2, 0) is 0 Å². The Morgan fingerprint density at radius 3 is 2.80 bits per heavy atom. The summed E-state index contributed by atoms with van der Waals surface area (Å²) in [6.07, 6.45) is 5.77. The van der Waals surface area contributed by atoms with Crippen LogP contribution in [0.1, 0.15) is 30.1 Å². The number of hydrogen-bond acceptors (Lipinski definition) is 4. The molecule has 0 radical (unpaired) electrons. The number of aryl methyl sites for hydroxylation is 1. The van der Waals surface area contributed by atoms with Crippen molar-refractivity contribution in [3.63, 3.8) is 0 Å². The lowest BCUT2D eigenvalue weighted by Gasteiger charge is -2.02. The molecule has 0 saturated heterocycles. The lowest BCUT2D eigenvalue weighted by Crippen LogP contribution is -2.02. The third kappa shape index (κ3) is 1.82. The smallest absolute Gasteiger partial charge is 0.201 e. The van der Waals surface area contributed by atoms with Crippen molar-refractivity contribution in [3.05, 3.63) is 48.1 Å². The molecule has 1 aliphatic carbocycles.